The summed E-state index contributed by atoms with van der Waals surface area (Å²) >= 11 is 0. The lowest BCUT2D eigenvalue weighted by Crippen LogP contribution is -2.44. The molecule has 100 valence electrons. The molecular formula is C13H21N3O2. The van der Waals surface area contributed by atoms with Gasteiger partial charge in [-0.2, -0.15) is 5.10 Å². The van der Waals surface area contributed by atoms with E-state index in [-0.39, 0.29) is 6.61 Å². The zero-order chi connectivity index (χ0) is 12.5. The molecule has 5 heteroatoms. The zero-order valence-electron chi connectivity index (χ0n) is 10.9. The first-order valence-corrected chi connectivity index (χ1v) is 6.76. The van der Waals surface area contributed by atoms with Crippen molar-refractivity contribution in [2.45, 2.75) is 38.5 Å². The number of aliphatic hydroxyl groups is 1. The monoisotopic (exact) mass is 251 g/mol. The van der Waals surface area contributed by atoms with Crippen molar-refractivity contribution in [1.29, 1.82) is 0 Å². The maximum atomic E-state index is 9.38. The molecule has 5 nitrogen and oxygen atoms in total. The second-order valence-corrected chi connectivity index (χ2v) is 5.25. The number of nitrogens with zero attached hydrogens (tertiary/aromatic N) is 3. The van der Waals surface area contributed by atoms with Gasteiger partial charge in [0.2, 0.25) is 0 Å². The number of aromatic nitrogens is 2. The van der Waals surface area contributed by atoms with Crippen LogP contribution in [0.5, 0.6) is 0 Å². The van der Waals surface area contributed by atoms with E-state index in [0.717, 1.165) is 44.8 Å². The Morgan fingerprint density at radius 3 is 3.11 bits per heavy atom. The molecule has 3 rings (SSSR count). The van der Waals surface area contributed by atoms with Gasteiger partial charge in [-0.25, -0.2) is 0 Å². The summed E-state index contributed by atoms with van der Waals surface area (Å²) in [5.74, 6) is 0. The maximum Gasteiger partial charge on any atom is 0.0926 e. The number of hydrogen-bond donors (Lipinski definition) is 1. The van der Waals surface area contributed by atoms with Crippen molar-refractivity contribution in [1.82, 2.24) is 14.7 Å². The summed E-state index contributed by atoms with van der Waals surface area (Å²) in [6.45, 7) is 3.78. The fourth-order valence-corrected chi connectivity index (χ4v) is 3.14. The van der Waals surface area contributed by atoms with Crippen LogP contribution >= 0.6 is 0 Å². The lowest BCUT2D eigenvalue weighted by molar-refractivity contribution is 0.0121. The second-order valence-electron chi connectivity index (χ2n) is 5.25. The van der Waals surface area contributed by atoms with Crippen molar-refractivity contribution in [2.24, 2.45) is 7.05 Å². The number of hydrogen-bond acceptors (Lipinski definition) is 4. The highest BCUT2D eigenvalue weighted by Crippen LogP contribution is 2.25. The Balaban J connectivity index is 1.79. The molecule has 1 saturated heterocycles. The predicted octanol–water partition coefficient (Wildman–Crippen LogP) is 0.449. The number of rotatable bonds is 2. The van der Waals surface area contributed by atoms with Crippen LogP contribution in [0, 0.1) is 0 Å². The molecule has 1 N–H and O–H groups in total. The fraction of sp³-hybridized carbons (Fsp3) is 0.769. The number of aryl methyl sites for hydroxylation is 1. The third-order valence-electron chi connectivity index (χ3n) is 4.16. The summed E-state index contributed by atoms with van der Waals surface area (Å²) in [6, 6.07) is 0.540. The molecular weight excluding hydrogens is 230 g/mol. The lowest BCUT2D eigenvalue weighted by atomic mass is 10.0. The molecule has 0 spiro atoms. The van der Waals surface area contributed by atoms with Crippen LogP contribution in [0.4, 0.5) is 0 Å². The van der Waals surface area contributed by atoms with E-state index in [1.807, 2.05) is 11.7 Å². The molecule has 18 heavy (non-hydrogen) atoms. The van der Waals surface area contributed by atoms with Gasteiger partial charge in [-0.15, -0.1) is 0 Å². The molecule has 0 bridgehead atoms. The Morgan fingerprint density at radius 1 is 1.50 bits per heavy atom. The van der Waals surface area contributed by atoms with Crippen LogP contribution in [0.2, 0.25) is 0 Å². The van der Waals surface area contributed by atoms with Gasteiger partial charge in [0, 0.05) is 50.5 Å². The minimum absolute atomic E-state index is 0.0399. The molecule has 2 aliphatic heterocycles. The minimum atomic E-state index is 0.0399. The maximum absolute atomic E-state index is 9.38. The Hall–Kier alpha value is -0.910. The summed E-state index contributed by atoms with van der Waals surface area (Å²) in [7, 11) is 1.97. The molecule has 2 aliphatic rings. The molecule has 0 amide bonds. The molecule has 0 unspecified atom stereocenters. The molecule has 0 aromatic carbocycles. The average Bonchev–Trinajstić information content (AvgIpc) is 2.76. The van der Waals surface area contributed by atoms with Crippen molar-refractivity contribution in [3.8, 4) is 0 Å². The molecule has 1 atom stereocenters. The van der Waals surface area contributed by atoms with Crippen LogP contribution in [0.3, 0.4) is 0 Å². The highest BCUT2D eigenvalue weighted by Gasteiger charge is 2.28. The van der Waals surface area contributed by atoms with Gasteiger partial charge in [0.15, 0.2) is 0 Å². The lowest BCUT2D eigenvalue weighted by Gasteiger charge is -2.36. The normalized spacial score (nSPS) is 25.1. The van der Waals surface area contributed by atoms with Crippen molar-refractivity contribution in [3.63, 3.8) is 0 Å². The van der Waals surface area contributed by atoms with Gasteiger partial charge in [0.05, 0.1) is 18.9 Å². The van der Waals surface area contributed by atoms with Crippen LogP contribution in [0.15, 0.2) is 0 Å². The van der Waals surface area contributed by atoms with Crippen LogP contribution in [-0.4, -0.2) is 45.6 Å². The largest absolute Gasteiger partial charge is 0.390 e. The second kappa shape index (κ2) is 4.99. The van der Waals surface area contributed by atoms with Crippen LogP contribution < -0.4 is 0 Å². The Bertz CT molecular complexity index is 424. The molecule has 1 aromatic rings. The quantitative estimate of drug-likeness (QED) is 0.829. The highest BCUT2D eigenvalue weighted by molar-refractivity contribution is 5.28. The molecule has 0 radical (unpaired) electrons. The fourth-order valence-electron chi connectivity index (χ4n) is 3.14. The standard InChI is InChI=1S/C13H21N3O2/c1-15-13-4-5-16(10-3-2-6-18-9-10)7-11(13)12(8-17)14-15/h10,17H,2-9H2,1H3/t10-/m1/s1. The first-order chi connectivity index (χ1) is 8.79. The van der Waals surface area contributed by atoms with Crippen molar-refractivity contribution in [2.75, 3.05) is 19.8 Å². The number of fused-ring (bicyclic) bond motifs is 1. The van der Waals surface area contributed by atoms with Gasteiger partial charge in [-0.1, -0.05) is 0 Å². The van der Waals surface area contributed by atoms with Crippen LogP contribution in [-0.2, 0) is 31.4 Å². The van der Waals surface area contributed by atoms with E-state index in [1.165, 1.54) is 17.7 Å². The Kier molecular flexibility index (Phi) is 3.37. The zero-order valence-corrected chi connectivity index (χ0v) is 10.9. The van der Waals surface area contributed by atoms with Gasteiger partial charge in [0.1, 0.15) is 0 Å². The molecule has 1 fully saturated rings. The molecule has 0 aliphatic carbocycles. The van der Waals surface area contributed by atoms with E-state index in [0.29, 0.717) is 6.04 Å². The van der Waals surface area contributed by atoms with Crippen molar-refractivity contribution >= 4 is 0 Å². The number of ether oxygens (including phenoxy) is 1. The summed E-state index contributed by atoms with van der Waals surface area (Å²) < 4.78 is 7.50. The van der Waals surface area contributed by atoms with E-state index in [2.05, 4.69) is 10.00 Å². The molecule has 1 aromatic heterocycles. The third-order valence-corrected chi connectivity index (χ3v) is 4.16. The average molecular weight is 251 g/mol. The van der Waals surface area contributed by atoms with Crippen molar-refractivity contribution < 1.29 is 9.84 Å². The van der Waals surface area contributed by atoms with E-state index in [1.54, 1.807) is 0 Å². The van der Waals surface area contributed by atoms with Crippen LogP contribution in [0.1, 0.15) is 29.8 Å². The summed E-state index contributed by atoms with van der Waals surface area (Å²) in [6.07, 6.45) is 3.41. The van der Waals surface area contributed by atoms with Crippen molar-refractivity contribution in [3.05, 3.63) is 17.0 Å². The van der Waals surface area contributed by atoms with Gasteiger partial charge in [-0.3, -0.25) is 9.58 Å². The predicted molar refractivity (Wildman–Crippen MR) is 67.1 cm³/mol. The summed E-state index contributed by atoms with van der Waals surface area (Å²) in [5, 5.41) is 13.8. The summed E-state index contributed by atoms with van der Waals surface area (Å²) in [4.78, 5) is 2.49. The van der Waals surface area contributed by atoms with E-state index in [4.69, 9.17) is 4.74 Å². The van der Waals surface area contributed by atoms with Gasteiger partial charge >= 0.3 is 0 Å². The van der Waals surface area contributed by atoms with E-state index < -0.39 is 0 Å². The molecule has 3 heterocycles. The smallest absolute Gasteiger partial charge is 0.0926 e. The summed E-state index contributed by atoms with van der Waals surface area (Å²) in [5.41, 5.74) is 3.36. The first kappa shape index (κ1) is 12.1. The topological polar surface area (TPSA) is 50.5 Å². The first-order valence-electron chi connectivity index (χ1n) is 6.76. The Morgan fingerprint density at radius 2 is 2.39 bits per heavy atom. The highest BCUT2D eigenvalue weighted by atomic mass is 16.5. The van der Waals surface area contributed by atoms with Gasteiger partial charge in [-0.05, 0) is 12.8 Å². The third kappa shape index (κ3) is 2.06. The number of aliphatic hydroxyl groups excluding tert-OH is 1. The van der Waals surface area contributed by atoms with E-state index >= 15 is 0 Å². The SMILES string of the molecule is Cn1nc(CO)c2c1CCN([C@@H]1CCCOC1)C2. The van der Waals surface area contributed by atoms with Gasteiger partial charge < -0.3 is 9.84 Å². The molecule has 0 saturated carbocycles. The van der Waals surface area contributed by atoms with E-state index in [9.17, 15) is 5.11 Å². The minimum Gasteiger partial charge on any atom is -0.390 e. The van der Waals surface area contributed by atoms with Gasteiger partial charge in [0.25, 0.3) is 0 Å². The van der Waals surface area contributed by atoms with Crippen LogP contribution in [0.25, 0.3) is 0 Å². The Labute approximate surface area is 107 Å².